The minimum Gasteiger partial charge on any atom is -0.482 e. The summed E-state index contributed by atoms with van der Waals surface area (Å²) in [7, 11) is 0. The Labute approximate surface area is 124 Å². The predicted molar refractivity (Wildman–Crippen MR) is 76.5 cm³/mol. The molecular formula is C14H12N2O4S. The average Bonchev–Trinajstić information content (AvgIpc) is 3.00. The second-order valence-corrected chi connectivity index (χ2v) is 5.23. The summed E-state index contributed by atoms with van der Waals surface area (Å²) in [6.45, 7) is 1.78. The molecule has 1 atom stereocenters. The molecule has 1 N–H and O–H groups in total. The average molecular weight is 304 g/mol. The molecule has 21 heavy (non-hydrogen) atoms. The van der Waals surface area contributed by atoms with E-state index in [0.29, 0.717) is 17.1 Å². The summed E-state index contributed by atoms with van der Waals surface area (Å²) < 4.78 is 10.6. The van der Waals surface area contributed by atoms with Gasteiger partial charge in [0.2, 0.25) is 0 Å². The highest BCUT2D eigenvalue weighted by atomic mass is 32.1. The van der Waals surface area contributed by atoms with Crippen molar-refractivity contribution in [3.63, 3.8) is 0 Å². The zero-order valence-electron chi connectivity index (χ0n) is 11.2. The first-order valence-corrected chi connectivity index (χ1v) is 7.23. The number of ether oxygens (including phenoxy) is 2. The Hall–Kier alpha value is -2.41. The molecule has 0 aliphatic carbocycles. The van der Waals surface area contributed by atoms with Crippen molar-refractivity contribution in [3.05, 3.63) is 40.3 Å². The molecule has 1 aliphatic heterocycles. The fourth-order valence-corrected chi connectivity index (χ4v) is 2.48. The topological polar surface area (TPSA) is 77.5 Å². The maximum absolute atomic E-state index is 11.9. The van der Waals surface area contributed by atoms with E-state index in [4.69, 9.17) is 9.47 Å². The van der Waals surface area contributed by atoms with Crippen LogP contribution >= 0.6 is 11.3 Å². The number of carbonyl (C=O) groups is 2. The molecule has 1 aromatic carbocycles. The molecule has 1 aromatic heterocycles. The van der Waals surface area contributed by atoms with Crippen LogP contribution in [0.5, 0.6) is 5.75 Å². The van der Waals surface area contributed by atoms with Crippen LogP contribution in [0.1, 0.15) is 29.1 Å². The Balaban J connectivity index is 1.76. The first-order valence-electron chi connectivity index (χ1n) is 6.29. The van der Waals surface area contributed by atoms with Crippen molar-refractivity contribution >= 4 is 28.9 Å². The highest BCUT2D eigenvalue weighted by Crippen LogP contribution is 2.31. The molecule has 0 radical (unpaired) electrons. The van der Waals surface area contributed by atoms with E-state index in [1.165, 1.54) is 11.3 Å². The van der Waals surface area contributed by atoms with E-state index < -0.39 is 12.1 Å². The summed E-state index contributed by atoms with van der Waals surface area (Å²) in [5.41, 5.74) is 3.22. The van der Waals surface area contributed by atoms with E-state index >= 15 is 0 Å². The highest BCUT2D eigenvalue weighted by Gasteiger charge is 2.20. The molecule has 0 fully saturated rings. The summed E-state index contributed by atoms with van der Waals surface area (Å²) in [6, 6.07) is 5.29. The van der Waals surface area contributed by atoms with Crippen LogP contribution in [0.15, 0.2) is 29.1 Å². The molecule has 0 bridgehead atoms. The fourth-order valence-electron chi connectivity index (χ4n) is 1.96. The number of amides is 1. The summed E-state index contributed by atoms with van der Waals surface area (Å²) in [5.74, 6) is -0.0649. The van der Waals surface area contributed by atoms with E-state index in [9.17, 15) is 9.59 Å². The van der Waals surface area contributed by atoms with Crippen LogP contribution in [-0.4, -0.2) is 23.5 Å². The van der Waals surface area contributed by atoms with Crippen LogP contribution < -0.4 is 10.1 Å². The Morgan fingerprint density at radius 3 is 3.14 bits per heavy atom. The maximum atomic E-state index is 11.9. The lowest BCUT2D eigenvalue weighted by molar-refractivity contribution is -0.118. The number of nitrogens with zero attached hydrogens (tertiary/aromatic N) is 1. The van der Waals surface area contributed by atoms with Crippen LogP contribution in [0.25, 0.3) is 0 Å². The van der Waals surface area contributed by atoms with Crippen LogP contribution in [0.3, 0.4) is 0 Å². The van der Waals surface area contributed by atoms with Crippen molar-refractivity contribution < 1.29 is 19.1 Å². The number of nitrogens with one attached hydrogen (secondary N) is 1. The van der Waals surface area contributed by atoms with E-state index in [1.54, 1.807) is 36.0 Å². The van der Waals surface area contributed by atoms with Gasteiger partial charge >= 0.3 is 5.97 Å². The number of fused-ring (bicyclic) bond motifs is 1. The van der Waals surface area contributed by atoms with Gasteiger partial charge in [-0.3, -0.25) is 4.79 Å². The zero-order valence-corrected chi connectivity index (χ0v) is 12.0. The summed E-state index contributed by atoms with van der Waals surface area (Å²) in [6.07, 6.45) is -0.455. The monoisotopic (exact) mass is 304 g/mol. The minimum absolute atomic E-state index is 0.0146. The van der Waals surface area contributed by atoms with Crippen LogP contribution in [0.4, 0.5) is 5.69 Å². The quantitative estimate of drug-likeness (QED) is 0.881. The van der Waals surface area contributed by atoms with Gasteiger partial charge in [-0.1, -0.05) is 6.07 Å². The van der Waals surface area contributed by atoms with Crippen LogP contribution in [0, 0.1) is 0 Å². The zero-order chi connectivity index (χ0) is 14.8. The van der Waals surface area contributed by atoms with E-state index in [0.717, 1.165) is 5.56 Å². The molecule has 0 unspecified atom stereocenters. The van der Waals surface area contributed by atoms with Gasteiger partial charge in [0.15, 0.2) is 12.3 Å². The minimum atomic E-state index is -0.471. The SMILES string of the molecule is C[C@H](OC(=O)c1cscn1)c1ccc2c(c1)NC(=O)CO2. The second-order valence-electron chi connectivity index (χ2n) is 4.51. The molecular weight excluding hydrogens is 292 g/mol. The summed E-state index contributed by atoms with van der Waals surface area (Å²) in [4.78, 5) is 27.1. The Kier molecular flexibility index (Phi) is 3.57. The number of anilines is 1. The molecule has 0 spiro atoms. The number of benzene rings is 1. The van der Waals surface area contributed by atoms with Gasteiger partial charge in [0, 0.05) is 5.38 Å². The predicted octanol–water partition coefficient (Wildman–Crippen LogP) is 2.39. The third kappa shape index (κ3) is 2.87. The lowest BCUT2D eigenvalue weighted by Gasteiger charge is -2.20. The van der Waals surface area contributed by atoms with Gasteiger partial charge in [0.1, 0.15) is 11.9 Å². The molecule has 3 rings (SSSR count). The van der Waals surface area contributed by atoms with Gasteiger partial charge in [-0.15, -0.1) is 11.3 Å². The van der Waals surface area contributed by atoms with Crippen LogP contribution in [-0.2, 0) is 9.53 Å². The van der Waals surface area contributed by atoms with Gasteiger partial charge in [0.05, 0.1) is 11.2 Å². The number of hydrogen-bond donors (Lipinski definition) is 1. The van der Waals surface area contributed by atoms with Gasteiger partial charge in [-0.05, 0) is 24.6 Å². The third-order valence-corrected chi connectivity index (χ3v) is 3.62. The molecule has 108 valence electrons. The standard InChI is InChI=1S/C14H12N2O4S/c1-8(20-14(18)11-6-21-7-15-11)9-2-3-12-10(4-9)16-13(17)5-19-12/h2-4,6-8H,5H2,1H3,(H,16,17)/t8-/m0/s1. The van der Waals surface area contributed by atoms with E-state index in [2.05, 4.69) is 10.3 Å². The van der Waals surface area contributed by atoms with E-state index in [1.807, 2.05) is 0 Å². The lowest BCUT2D eigenvalue weighted by Crippen LogP contribution is -2.25. The van der Waals surface area contributed by atoms with Crippen molar-refractivity contribution in [1.29, 1.82) is 0 Å². The summed E-state index contributed by atoms with van der Waals surface area (Å²) >= 11 is 1.33. The number of rotatable bonds is 3. The first kappa shape index (κ1) is 13.6. The molecule has 6 nitrogen and oxygen atoms in total. The number of esters is 1. The second kappa shape index (κ2) is 5.53. The molecule has 1 amide bonds. The smallest absolute Gasteiger partial charge is 0.358 e. The molecule has 7 heteroatoms. The third-order valence-electron chi connectivity index (χ3n) is 3.03. The highest BCUT2D eigenvalue weighted by molar-refractivity contribution is 7.07. The van der Waals surface area contributed by atoms with Crippen molar-refractivity contribution in [3.8, 4) is 5.75 Å². The normalized spacial score (nSPS) is 14.6. The van der Waals surface area contributed by atoms with Gasteiger partial charge in [-0.25, -0.2) is 9.78 Å². The van der Waals surface area contributed by atoms with Crippen molar-refractivity contribution in [2.75, 3.05) is 11.9 Å². The molecule has 2 aromatic rings. The van der Waals surface area contributed by atoms with Crippen LogP contribution in [0.2, 0.25) is 0 Å². The summed E-state index contributed by atoms with van der Waals surface area (Å²) in [5, 5.41) is 4.36. The van der Waals surface area contributed by atoms with Gasteiger partial charge in [0.25, 0.3) is 5.91 Å². The van der Waals surface area contributed by atoms with Gasteiger partial charge in [-0.2, -0.15) is 0 Å². The Bertz CT molecular complexity index is 684. The molecule has 1 aliphatic rings. The molecule has 0 saturated carbocycles. The fraction of sp³-hybridized carbons (Fsp3) is 0.214. The number of carbonyl (C=O) groups excluding carboxylic acids is 2. The molecule has 0 saturated heterocycles. The Morgan fingerprint density at radius 1 is 1.52 bits per heavy atom. The number of hydrogen-bond acceptors (Lipinski definition) is 6. The van der Waals surface area contributed by atoms with Gasteiger partial charge < -0.3 is 14.8 Å². The molecule has 2 heterocycles. The van der Waals surface area contributed by atoms with E-state index in [-0.39, 0.29) is 12.5 Å². The number of thiazole rings is 1. The number of aromatic nitrogens is 1. The van der Waals surface area contributed by atoms with Crippen molar-refractivity contribution in [2.24, 2.45) is 0 Å². The van der Waals surface area contributed by atoms with Crippen molar-refractivity contribution in [2.45, 2.75) is 13.0 Å². The largest absolute Gasteiger partial charge is 0.482 e. The maximum Gasteiger partial charge on any atom is 0.358 e. The Morgan fingerprint density at radius 2 is 2.38 bits per heavy atom. The lowest BCUT2D eigenvalue weighted by atomic mass is 10.1. The first-order chi connectivity index (χ1) is 10.1. The van der Waals surface area contributed by atoms with Crippen molar-refractivity contribution in [1.82, 2.24) is 4.98 Å².